The molecular weight excluding hydrogens is 265 g/mol. The summed E-state index contributed by atoms with van der Waals surface area (Å²) >= 11 is 0. The van der Waals surface area contributed by atoms with Gasteiger partial charge in [0.1, 0.15) is 12.4 Å². The van der Waals surface area contributed by atoms with Crippen LogP contribution in [0.5, 0.6) is 5.75 Å². The summed E-state index contributed by atoms with van der Waals surface area (Å²) in [5.74, 6) is -0.462. The number of nitrogens with two attached hydrogens (primary N) is 1. The van der Waals surface area contributed by atoms with Gasteiger partial charge in [-0.05, 0) is 18.2 Å². The summed E-state index contributed by atoms with van der Waals surface area (Å²) < 4.78 is 48.1. The van der Waals surface area contributed by atoms with Gasteiger partial charge in [0.2, 0.25) is 0 Å². The van der Waals surface area contributed by atoms with E-state index in [1.54, 1.807) is 0 Å². The lowest BCUT2D eigenvalue weighted by molar-refractivity contribution is -0.137. The predicted molar refractivity (Wildman–Crippen MR) is 61.3 cm³/mol. The first kappa shape index (κ1) is 15.1. The molecule has 0 fully saturated rings. The third kappa shape index (κ3) is 4.02. The number of methoxy groups -OCH3 is 1. The average Bonchev–Trinajstić information content (AvgIpc) is 2.36. The summed E-state index contributed by atoms with van der Waals surface area (Å²) in [4.78, 5) is 0. The van der Waals surface area contributed by atoms with Crippen molar-refractivity contribution in [2.45, 2.75) is 6.18 Å². The van der Waals surface area contributed by atoms with E-state index in [0.29, 0.717) is 6.61 Å². The molecule has 0 saturated carbocycles. The number of amidine groups is 1. The number of benzene rings is 1. The Morgan fingerprint density at radius 3 is 2.58 bits per heavy atom. The van der Waals surface area contributed by atoms with Crippen LogP contribution >= 0.6 is 0 Å². The SMILES string of the molecule is COCCOc1ccc(C(F)(F)F)c(/C(N)=N/O)c1. The molecule has 1 aromatic carbocycles. The molecule has 0 radical (unpaired) electrons. The van der Waals surface area contributed by atoms with Crippen molar-refractivity contribution in [1.29, 1.82) is 0 Å². The second kappa shape index (κ2) is 6.28. The maximum absolute atomic E-state index is 12.7. The molecule has 0 unspecified atom stereocenters. The quantitative estimate of drug-likeness (QED) is 0.283. The van der Waals surface area contributed by atoms with E-state index in [1.807, 2.05) is 0 Å². The zero-order valence-corrected chi connectivity index (χ0v) is 10.1. The first-order valence-corrected chi connectivity index (χ1v) is 5.21. The Morgan fingerprint density at radius 1 is 1.37 bits per heavy atom. The third-order valence-corrected chi connectivity index (χ3v) is 2.24. The van der Waals surface area contributed by atoms with Crippen LogP contribution in [0.1, 0.15) is 11.1 Å². The Hall–Kier alpha value is -1.96. The molecule has 3 N–H and O–H groups in total. The van der Waals surface area contributed by atoms with Crippen LogP contribution in [0, 0.1) is 0 Å². The monoisotopic (exact) mass is 278 g/mol. The number of nitrogens with zero attached hydrogens (tertiary/aromatic N) is 1. The molecule has 0 aromatic heterocycles. The van der Waals surface area contributed by atoms with Gasteiger partial charge in [0, 0.05) is 12.7 Å². The zero-order chi connectivity index (χ0) is 14.5. The van der Waals surface area contributed by atoms with Crippen LogP contribution in [0.2, 0.25) is 0 Å². The van der Waals surface area contributed by atoms with Crippen LogP contribution in [-0.2, 0) is 10.9 Å². The topological polar surface area (TPSA) is 77.1 Å². The first-order valence-electron chi connectivity index (χ1n) is 5.21. The number of oxime groups is 1. The lowest BCUT2D eigenvalue weighted by Gasteiger charge is -2.14. The van der Waals surface area contributed by atoms with Gasteiger partial charge in [-0.3, -0.25) is 0 Å². The van der Waals surface area contributed by atoms with Crippen molar-refractivity contribution in [3.8, 4) is 5.75 Å². The lowest BCUT2D eigenvalue weighted by Crippen LogP contribution is -2.20. The van der Waals surface area contributed by atoms with Gasteiger partial charge in [0.25, 0.3) is 0 Å². The van der Waals surface area contributed by atoms with E-state index in [9.17, 15) is 13.2 Å². The Kier molecular flexibility index (Phi) is 4.99. The normalized spacial score (nSPS) is 12.5. The fourth-order valence-corrected chi connectivity index (χ4v) is 1.37. The molecule has 8 heteroatoms. The highest BCUT2D eigenvalue weighted by Gasteiger charge is 2.34. The van der Waals surface area contributed by atoms with Crippen LogP contribution in [0.15, 0.2) is 23.4 Å². The number of rotatable bonds is 5. The molecule has 0 bridgehead atoms. The molecule has 106 valence electrons. The van der Waals surface area contributed by atoms with E-state index in [4.69, 9.17) is 20.4 Å². The molecule has 1 aromatic rings. The number of hydrogen-bond donors (Lipinski definition) is 2. The lowest BCUT2D eigenvalue weighted by atomic mass is 10.1. The Labute approximate surface area is 107 Å². The van der Waals surface area contributed by atoms with E-state index in [-0.39, 0.29) is 12.4 Å². The molecule has 0 heterocycles. The van der Waals surface area contributed by atoms with Crippen LogP contribution in [0.25, 0.3) is 0 Å². The molecule has 19 heavy (non-hydrogen) atoms. The van der Waals surface area contributed by atoms with Crippen molar-refractivity contribution in [1.82, 2.24) is 0 Å². The molecule has 0 aliphatic carbocycles. The molecular formula is C11H13F3N2O3. The first-order chi connectivity index (χ1) is 8.90. The summed E-state index contributed by atoms with van der Waals surface area (Å²) in [5.41, 5.74) is 3.80. The zero-order valence-electron chi connectivity index (χ0n) is 10.1. The Balaban J connectivity index is 3.09. The van der Waals surface area contributed by atoms with E-state index < -0.39 is 23.1 Å². The van der Waals surface area contributed by atoms with Gasteiger partial charge in [-0.25, -0.2) is 0 Å². The smallest absolute Gasteiger partial charge is 0.417 e. The van der Waals surface area contributed by atoms with E-state index >= 15 is 0 Å². The highest BCUT2D eigenvalue weighted by molar-refractivity contribution is 5.99. The van der Waals surface area contributed by atoms with Crippen molar-refractivity contribution >= 4 is 5.84 Å². The van der Waals surface area contributed by atoms with Gasteiger partial charge in [-0.2, -0.15) is 13.2 Å². The largest absolute Gasteiger partial charge is 0.491 e. The highest BCUT2D eigenvalue weighted by atomic mass is 19.4. The molecule has 0 saturated heterocycles. The fourth-order valence-electron chi connectivity index (χ4n) is 1.37. The second-order valence-corrected chi connectivity index (χ2v) is 3.53. The van der Waals surface area contributed by atoms with E-state index in [2.05, 4.69) is 5.16 Å². The fraction of sp³-hybridized carbons (Fsp3) is 0.364. The Bertz CT molecular complexity index is 461. The van der Waals surface area contributed by atoms with E-state index in [0.717, 1.165) is 18.2 Å². The van der Waals surface area contributed by atoms with Crippen LogP contribution < -0.4 is 10.5 Å². The number of alkyl halides is 3. The van der Waals surface area contributed by atoms with Crippen molar-refractivity contribution in [3.05, 3.63) is 29.3 Å². The molecule has 0 atom stereocenters. The van der Waals surface area contributed by atoms with Gasteiger partial charge in [0.05, 0.1) is 12.2 Å². The van der Waals surface area contributed by atoms with Crippen LogP contribution in [0.4, 0.5) is 13.2 Å². The molecule has 5 nitrogen and oxygen atoms in total. The summed E-state index contributed by atoms with van der Waals surface area (Å²) in [6.45, 7) is 0.470. The van der Waals surface area contributed by atoms with Crippen LogP contribution in [0.3, 0.4) is 0 Å². The van der Waals surface area contributed by atoms with Gasteiger partial charge in [-0.1, -0.05) is 5.16 Å². The molecule has 0 aliphatic heterocycles. The number of halogens is 3. The second-order valence-electron chi connectivity index (χ2n) is 3.53. The predicted octanol–water partition coefficient (Wildman–Crippen LogP) is 1.83. The number of ether oxygens (including phenoxy) is 2. The van der Waals surface area contributed by atoms with E-state index in [1.165, 1.54) is 7.11 Å². The van der Waals surface area contributed by atoms with Gasteiger partial charge in [-0.15, -0.1) is 0 Å². The maximum Gasteiger partial charge on any atom is 0.417 e. The van der Waals surface area contributed by atoms with Gasteiger partial charge >= 0.3 is 6.18 Å². The molecule has 0 aliphatic rings. The van der Waals surface area contributed by atoms with Crippen molar-refractivity contribution in [3.63, 3.8) is 0 Å². The average molecular weight is 278 g/mol. The van der Waals surface area contributed by atoms with Crippen molar-refractivity contribution in [2.75, 3.05) is 20.3 Å². The maximum atomic E-state index is 12.7. The van der Waals surface area contributed by atoms with Crippen LogP contribution in [-0.4, -0.2) is 31.4 Å². The standard InChI is InChI=1S/C11H13F3N2O3/c1-18-4-5-19-7-2-3-9(11(12,13)14)8(6-7)10(15)16-17/h2-3,6,17H,4-5H2,1H3,(H2,15,16). The summed E-state index contributed by atoms with van der Waals surface area (Å²) in [6.07, 6.45) is -4.60. The van der Waals surface area contributed by atoms with Crippen molar-refractivity contribution < 1.29 is 27.9 Å². The molecule has 1 rings (SSSR count). The third-order valence-electron chi connectivity index (χ3n) is 2.24. The van der Waals surface area contributed by atoms with Gasteiger partial charge < -0.3 is 20.4 Å². The number of hydrogen-bond acceptors (Lipinski definition) is 4. The minimum Gasteiger partial charge on any atom is -0.491 e. The Morgan fingerprint density at radius 2 is 2.05 bits per heavy atom. The summed E-state index contributed by atoms with van der Waals surface area (Å²) in [7, 11) is 1.47. The summed E-state index contributed by atoms with van der Waals surface area (Å²) in [5, 5.41) is 11.1. The van der Waals surface area contributed by atoms with Crippen molar-refractivity contribution in [2.24, 2.45) is 10.9 Å². The summed E-state index contributed by atoms with van der Waals surface area (Å²) in [6, 6.07) is 3.04. The highest BCUT2D eigenvalue weighted by Crippen LogP contribution is 2.33. The van der Waals surface area contributed by atoms with Gasteiger partial charge in [0.15, 0.2) is 5.84 Å². The minimum absolute atomic E-state index is 0.173. The molecule has 0 spiro atoms. The minimum atomic E-state index is -4.60. The molecule has 0 amide bonds.